The molecular weight excluding hydrogens is 388 g/mol. The molecule has 0 radical (unpaired) electrons. The second-order valence-corrected chi connectivity index (χ2v) is 11.1. The van der Waals surface area contributed by atoms with Crippen molar-refractivity contribution in [2.75, 3.05) is 6.61 Å². The van der Waals surface area contributed by atoms with E-state index in [2.05, 4.69) is 11.6 Å². The van der Waals surface area contributed by atoms with Crippen molar-refractivity contribution < 1.29 is 13.2 Å². The van der Waals surface area contributed by atoms with Crippen molar-refractivity contribution >= 4 is 10.0 Å². The van der Waals surface area contributed by atoms with Crippen LogP contribution < -0.4 is 10.3 Å². The molecule has 1 aromatic rings. The van der Waals surface area contributed by atoms with Crippen LogP contribution in [0.25, 0.3) is 0 Å². The van der Waals surface area contributed by atoms with Crippen molar-refractivity contribution in [3.8, 4) is 0 Å². The van der Waals surface area contributed by atoms with Crippen molar-refractivity contribution in [2.24, 2.45) is 5.92 Å². The molecule has 0 aromatic carbocycles. The summed E-state index contributed by atoms with van der Waals surface area (Å²) >= 11 is 0. The number of rotatable bonds is 7. The summed E-state index contributed by atoms with van der Waals surface area (Å²) in [5.74, 6) is 0.800. The average molecular weight is 423 g/mol. The zero-order valence-corrected chi connectivity index (χ0v) is 18.4. The Bertz CT molecular complexity index is 883. The fourth-order valence-electron chi connectivity index (χ4n) is 4.89. The van der Waals surface area contributed by atoms with E-state index in [0.29, 0.717) is 25.0 Å². The van der Waals surface area contributed by atoms with Gasteiger partial charge in [0.25, 0.3) is 5.56 Å². The van der Waals surface area contributed by atoms with Gasteiger partial charge in [-0.15, -0.1) is 0 Å². The van der Waals surface area contributed by atoms with E-state index in [1.165, 1.54) is 19.3 Å². The lowest BCUT2D eigenvalue weighted by Gasteiger charge is -2.37. The molecule has 2 heterocycles. The van der Waals surface area contributed by atoms with Gasteiger partial charge < -0.3 is 9.30 Å². The van der Waals surface area contributed by atoms with Crippen LogP contribution >= 0.6 is 0 Å². The zero-order chi connectivity index (χ0) is 20.6. The molecule has 6 nitrogen and oxygen atoms in total. The van der Waals surface area contributed by atoms with Crippen molar-refractivity contribution in [1.82, 2.24) is 9.29 Å². The average Bonchev–Trinajstić information content (AvgIpc) is 3.56. The van der Waals surface area contributed by atoms with Crippen LogP contribution in [0, 0.1) is 12.8 Å². The Morgan fingerprint density at radius 3 is 2.48 bits per heavy atom. The molecule has 1 aromatic heterocycles. The summed E-state index contributed by atoms with van der Waals surface area (Å²) in [6, 6.07) is 3.29. The molecule has 1 aliphatic heterocycles. The second kappa shape index (κ2) is 8.52. The third-order valence-corrected chi connectivity index (χ3v) is 9.03. The van der Waals surface area contributed by atoms with Gasteiger partial charge in [0.2, 0.25) is 10.0 Å². The van der Waals surface area contributed by atoms with E-state index in [9.17, 15) is 13.2 Å². The molecule has 0 saturated heterocycles. The molecule has 0 bridgehead atoms. The number of ether oxygens (including phenoxy) is 1. The number of hydrogen-bond acceptors (Lipinski definition) is 4. The Balaban J connectivity index is 1.54. The Morgan fingerprint density at radius 1 is 1.10 bits per heavy atom. The topological polar surface area (TPSA) is 77.4 Å². The number of hydrogen-bond donors (Lipinski definition) is 1. The largest absolute Gasteiger partial charge is 0.376 e. The van der Waals surface area contributed by atoms with Crippen LogP contribution in [0.15, 0.2) is 16.9 Å². The normalized spacial score (nSPS) is 30.1. The summed E-state index contributed by atoms with van der Waals surface area (Å²) in [6.07, 6.45) is 8.80. The molecular formula is C22H34N2O4S. The molecule has 2 atom stereocenters. The van der Waals surface area contributed by atoms with Gasteiger partial charge in [0, 0.05) is 17.3 Å². The number of nitrogens with zero attached hydrogens (tertiary/aromatic N) is 1. The summed E-state index contributed by atoms with van der Waals surface area (Å²) in [4.78, 5) is 12.9. The van der Waals surface area contributed by atoms with Crippen LogP contribution in [0.1, 0.15) is 75.6 Å². The highest BCUT2D eigenvalue weighted by atomic mass is 32.2. The minimum Gasteiger partial charge on any atom is -0.376 e. The van der Waals surface area contributed by atoms with Gasteiger partial charge in [0.05, 0.1) is 24.0 Å². The van der Waals surface area contributed by atoms with Crippen molar-refractivity contribution in [3.05, 3.63) is 33.7 Å². The van der Waals surface area contributed by atoms with Gasteiger partial charge in [-0.3, -0.25) is 4.79 Å². The van der Waals surface area contributed by atoms with Gasteiger partial charge >= 0.3 is 0 Å². The first-order valence-electron chi connectivity index (χ1n) is 11.2. The summed E-state index contributed by atoms with van der Waals surface area (Å²) in [7, 11) is -3.32. The molecule has 0 amide bonds. The molecule has 2 aliphatic carbocycles. The summed E-state index contributed by atoms with van der Waals surface area (Å²) in [5, 5.41) is -0.260. The molecule has 0 unspecified atom stereocenters. The quantitative estimate of drug-likeness (QED) is 0.733. The lowest BCUT2D eigenvalue weighted by Crippen LogP contribution is -2.50. The first kappa shape index (κ1) is 21.1. The predicted octanol–water partition coefficient (Wildman–Crippen LogP) is 3.08. The molecule has 3 aliphatic rings. The predicted molar refractivity (Wildman–Crippen MR) is 114 cm³/mol. The first-order chi connectivity index (χ1) is 13.9. The fraction of sp³-hybridized carbons (Fsp3) is 0.773. The maximum absolute atomic E-state index is 12.9. The molecule has 7 heteroatoms. The molecule has 2 fully saturated rings. The lowest BCUT2D eigenvalue weighted by molar-refractivity contribution is -0.00695. The number of aryl methyl sites for hydroxylation is 2. The Kier molecular flexibility index (Phi) is 6.19. The number of sulfonamides is 1. The Labute approximate surface area is 174 Å². The third-order valence-electron chi connectivity index (χ3n) is 7.05. The van der Waals surface area contributed by atoms with Crippen LogP contribution in [0.4, 0.5) is 0 Å². The lowest BCUT2D eigenvalue weighted by atomic mass is 9.86. The van der Waals surface area contributed by atoms with Crippen LogP contribution in [0.2, 0.25) is 0 Å². The summed E-state index contributed by atoms with van der Waals surface area (Å²) < 4.78 is 36.2. The van der Waals surface area contributed by atoms with Crippen LogP contribution in [0.3, 0.4) is 0 Å². The van der Waals surface area contributed by atoms with Gasteiger partial charge in [-0.1, -0.05) is 19.4 Å². The van der Waals surface area contributed by atoms with Crippen LogP contribution in [-0.2, 0) is 21.2 Å². The van der Waals surface area contributed by atoms with E-state index in [1.54, 1.807) is 4.57 Å². The smallest absolute Gasteiger partial charge is 0.254 e. The third kappa shape index (κ3) is 4.62. The minimum atomic E-state index is -3.32. The highest BCUT2D eigenvalue weighted by molar-refractivity contribution is 7.90. The SMILES string of the molecule is CCC1CCC(OC[C@H]2[C@@H](NS(=O)(=O)C3CC3)CCc3ccc(C)c(=O)n32)CC1. The zero-order valence-electron chi connectivity index (χ0n) is 17.6. The van der Waals surface area contributed by atoms with Crippen LogP contribution in [0.5, 0.6) is 0 Å². The van der Waals surface area contributed by atoms with E-state index in [-0.39, 0.29) is 29.0 Å². The second-order valence-electron chi connectivity index (χ2n) is 9.14. The molecule has 4 rings (SSSR count). The van der Waals surface area contributed by atoms with Gasteiger partial charge in [-0.25, -0.2) is 13.1 Å². The van der Waals surface area contributed by atoms with Crippen molar-refractivity contribution in [1.29, 1.82) is 0 Å². The van der Waals surface area contributed by atoms with Crippen LogP contribution in [-0.4, -0.2) is 37.0 Å². The number of fused-ring (bicyclic) bond motifs is 1. The van der Waals surface area contributed by atoms with E-state index in [1.807, 2.05) is 19.1 Å². The highest BCUT2D eigenvalue weighted by Gasteiger charge is 2.40. The molecule has 162 valence electrons. The number of aromatic nitrogens is 1. The van der Waals surface area contributed by atoms with Gasteiger partial charge in [-0.2, -0.15) is 0 Å². The highest BCUT2D eigenvalue weighted by Crippen LogP contribution is 2.32. The first-order valence-corrected chi connectivity index (χ1v) is 12.8. The molecule has 1 N–H and O–H groups in total. The minimum absolute atomic E-state index is 0.0267. The fourth-order valence-corrected chi connectivity index (χ4v) is 6.54. The van der Waals surface area contributed by atoms with Gasteiger partial charge in [-0.05, 0) is 70.3 Å². The van der Waals surface area contributed by atoms with E-state index >= 15 is 0 Å². The van der Waals surface area contributed by atoms with Gasteiger partial charge in [0.1, 0.15) is 0 Å². The number of pyridine rings is 1. The van der Waals surface area contributed by atoms with Gasteiger partial charge in [0.15, 0.2) is 0 Å². The molecule has 0 spiro atoms. The maximum Gasteiger partial charge on any atom is 0.254 e. The monoisotopic (exact) mass is 422 g/mol. The van der Waals surface area contributed by atoms with Crippen molar-refractivity contribution in [2.45, 2.75) is 95.1 Å². The van der Waals surface area contributed by atoms with E-state index < -0.39 is 10.0 Å². The summed E-state index contributed by atoms with van der Waals surface area (Å²) in [6.45, 7) is 4.45. The van der Waals surface area contributed by atoms with E-state index in [0.717, 1.165) is 37.3 Å². The Morgan fingerprint density at radius 2 is 1.83 bits per heavy atom. The number of nitrogens with one attached hydrogen (secondary N) is 1. The Hall–Kier alpha value is -1.18. The molecule has 2 saturated carbocycles. The maximum atomic E-state index is 12.9. The van der Waals surface area contributed by atoms with Crippen molar-refractivity contribution in [3.63, 3.8) is 0 Å². The summed E-state index contributed by atoms with van der Waals surface area (Å²) in [5.41, 5.74) is 1.64. The standard InChI is InChI=1S/C22H34N2O4S/c1-3-16-5-9-18(10-6-16)28-14-21-20(23-29(26,27)19-11-12-19)13-8-17-7-4-15(2)22(25)24(17)21/h4,7,16,18-21,23H,3,5-6,8-14H2,1-2H3/t16?,18?,20-,21-/m0/s1. The van der Waals surface area contributed by atoms with E-state index in [4.69, 9.17) is 4.74 Å². The molecule has 29 heavy (non-hydrogen) atoms.